The highest BCUT2D eigenvalue weighted by molar-refractivity contribution is 5.92. The first-order valence-corrected chi connectivity index (χ1v) is 7.69. The minimum Gasteiger partial charge on any atom is -0.496 e. The summed E-state index contributed by atoms with van der Waals surface area (Å²) in [7, 11) is 8.27. The lowest BCUT2D eigenvalue weighted by molar-refractivity contribution is -0.125. The van der Waals surface area contributed by atoms with E-state index in [1.165, 1.54) is 6.08 Å². The fourth-order valence-electron chi connectivity index (χ4n) is 2.38. The van der Waals surface area contributed by atoms with Crippen molar-refractivity contribution in [2.75, 3.05) is 28.4 Å². The van der Waals surface area contributed by atoms with Gasteiger partial charge in [0.2, 0.25) is 5.91 Å². The molecule has 0 atom stereocenters. The second kappa shape index (κ2) is 8.23. The molecule has 0 fully saturated rings. The van der Waals surface area contributed by atoms with E-state index in [1.807, 2.05) is 13.2 Å². The number of amides is 1. The average Bonchev–Trinajstić information content (AvgIpc) is 3.03. The Morgan fingerprint density at radius 1 is 1.16 bits per heavy atom. The van der Waals surface area contributed by atoms with Crippen molar-refractivity contribution in [2.45, 2.75) is 6.54 Å². The molecule has 134 valence electrons. The van der Waals surface area contributed by atoms with Gasteiger partial charge in [0.25, 0.3) is 0 Å². The second-order valence-electron chi connectivity index (χ2n) is 5.50. The maximum atomic E-state index is 12.3. The van der Waals surface area contributed by atoms with Gasteiger partial charge in [-0.1, -0.05) is 0 Å². The summed E-state index contributed by atoms with van der Waals surface area (Å²) in [6.07, 6.45) is 6.82. The molecule has 0 N–H and O–H groups in total. The Hall–Kier alpha value is -2.96. The minimum absolute atomic E-state index is 0.124. The Bertz CT molecular complexity index is 768. The number of methoxy groups -OCH3 is 3. The summed E-state index contributed by atoms with van der Waals surface area (Å²) in [5.41, 5.74) is 1.69. The fraction of sp³-hybridized carbons (Fsp3) is 0.333. The van der Waals surface area contributed by atoms with Crippen molar-refractivity contribution < 1.29 is 19.0 Å². The Morgan fingerprint density at radius 2 is 1.80 bits per heavy atom. The molecule has 1 aromatic heterocycles. The Labute approximate surface area is 147 Å². The third-order valence-corrected chi connectivity index (χ3v) is 3.70. The van der Waals surface area contributed by atoms with Gasteiger partial charge in [-0.2, -0.15) is 5.10 Å². The number of hydrogen-bond acceptors (Lipinski definition) is 5. The number of aromatic nitrogens is 2. The molecule has 0 aliphatic heterocycles. The first-order valence-electron chi connectivity index (χ1n) is 7.69. The molecule has 2 rings (SSSR count). The van der Waals surface area contributed by atoms with Crippen LogP contribution in [0.15, 0.2) is 30.6 Å². The van der Waals surface area contributed by atoms with E-state index in [0.717, 1.165) is 11.1 Å². The molecule has 1 amide bonds. The number of carbonyl (C=O) groups is 1. The molecule has 7 heteroatoms. The second-order valence-corrected chi connectivity index (χ2v) is 5.50. The van der Waals surface area contributed by atoms with Crippen LogP contribution < -0.4 is 14.2 Å². The van der Waals surface area contributed by atoms with Crippen LogP contribution in [0.2, 0.25) is 0 Å². The van der Waals surface area contributed by atoms with Gasteiger partial charge in [0.05, 0.1) is 27.5 Å². The van der Waals surface area contributed by atoms with Crippen LogP contribution in [-0.2, 0) is 18.4 Å². The summed E-state index contributed by atoms with van der Waals surface area (Å²) in [6.45, 7) is 0.486. The van der Waals surface area contributed by atoms with Crippen molar-refractivity contribution in [2.24, 2.45) is 7.05 Å². The highest BCUT2D eigenvalue weighted by Crippen LogP contribution is 2.35. The van der Waals surface area contributed by atoms with Gasteiger partial charge in [-0.3, -0.25) is 9.48 Å². The summed E-state index contributed by atoms with van der Waals surface area (Å²) >= 11 is 0. The minimum atomic E-state index is -0.124. The van der Waals surface area contributed by atoms with Gasteiger partial charge >= 0.3 is 0 Å². The Morgan fingerprint density at radius 3 is 2.36 bits per heavy atom. The summed E-state index contributed by atoms with van der Waals surface area (Å²) in [5.74, 6) is 1.60. The van der Waals surface area contributed by atoms with Crippen LogP contribution in [0.25, 0.3) is 6.08 Å². The van der Waals surface area contributed by atoms with Crippen molar-refractivity contribution in [3.05, 3.63) is 41.7 Å². The van der Waals surface area contributed by atoms with Crippen LogP contribution >= 0.6 is 0 Å². The van der Waals surface area contributed by atoms with Gasteiger partial charge < -0.3 is 19.1 Å². The summed E-state index contributed by atoms with van der Waals surface area (Å²) in [6, 6.07) is 3.49. The number of ether oxygens (including phenoxy) is 3. The van der Waals surface area contributed by atoms with Crippen LogP contribution in [-0.4, -0.2) is 49.0 Å². The van der Waals surface area contributed by atoms with E-state index in [4.69, 9.17) is 14.2 Å². The number of nitrogens with zero attached hydrogens (tertiary/aromatic N) is 3. The lowest BCUT2D eigenvalue weighted by atomic mass is 10.1. The monoisotopic (exact) mass is 345 g/mol. The largest absolute Gasteiger partial charge is 0.496 e. The number of carbonyl (C=O) groups excluding carboxylic acids is 1. The highest BCUT2D eigenvalue weighted by Gasteiger charge is 2.11. The van der Waals surface area contributed by atoms with Gasteiger partial charge in [-0.15, -0.1) is 0 Å². The Kier molecular flexibility index (Phi) is 6.05. The first kappa shape index (κ1) is 18.4. The zero-order valence-electron chi connectivity index (χ0n) is 15.1. The number of aryl methyl sites for hydroxylation is 1. The van der Waals surface area contributed by atoms with E-state index in [-0.39, 0.29) is 5.91 Å². The maximum absolute atomic E-state index is 12.3. The molecule has 1 aromatic carbocycles. The smallest absolute Gasteiger partial charge is 0.246 e. The van der Waals surface area contributed by atoms with Gasteiger partial charge in [0.15, 0.2) is 11.5 Å². The molecule has 0 aliphatic carbocycles. The SMILES string of the molecule is COc1cc(OC)c(OC)cc1/C=C/C(=O)N(C)Cc1cnn(C)c1. The zero-order chi connectivity index (χ0) is 18.4. The summed E-state index contributed by atoms with van der Waals surface area (Å²) in [4.78, 5) is 13.9. The van der Waals surface area contributed by atoms with Crippen molar-refractivity contribution in [3.8, 4) is 17.2 Å². The maximum Gasteiger partial charge on any atom is 0.246 e. The molecular formula is C18H23N3O4. The highest BCUT2D eigenvalue weighted by atomic mass is 16.5. The van der Waals surface area contributed by atoms with Crippen LogP contribution in [0, 0.1) is 0 Å². The zero-order valence-corrected chi connectivity index (χ0v) is 15.1. The lowest BCUT2D eigenvalue weighted by Gasteiger charge is -2.14. The topological polar surface area (TPSA) is 65.8 Å². The predicted octanol–water partition coefficient (Wildman–Crippen LogP) is 2.12. The quantitative estimate of drug-likeness (QED) is 0.719. The van der Waals surface area contributed by atoms with E-state index in [0.29, 0.717) is 23.8 Å². The van der Waals surface area contributed by atoms with Gasteiger partial charge in [-0.25, -0.2) is 0 Å². The number of hydrogen-bond donors (Lipinski definition) is 0. The normalized spacial score (nSPS) is 10.8. The van der Waals surface area contributed by atoms with Crippen molar-refractivity contribution in [3.63, 3.8) is 0 Å². The van der Waals surface area contributed by atoms with Gasteiger partial charge in [0.1, 0.15) is 5.75 Å². The number of rotatable bonds is 7. The fourth-order valence-corrected chi connectivity index (χ4v) is 2.38. The lowest BCUT2D eigenvalue weighted by Crippen LogP contribution is -2.23. The molecule has 0 bridgehead atoms. The first-order chi connectivity index (χ1) is 12.0. The molecule has 1 heterocycles. The number of benzene rings is 1. The van der Waals surface area contributed by atoms with E-state index in [1.54, 1.807) is 62.4 Å². The van der Waals surface area contributed by atoms with Crippen molar-refractivity contribution in [1.82, 2.24) is 14.7 Å². The molecule has 25 heavy (non-hydrogen) atoms. The molecule has 0 saturated carbocycles. The van der Waals surface area contributed by atoms with Gasteiger partial charge in [-0.05, 0) is 12.1 Å². The average molecular weight is 345 g/mol. The van der Waals surface area contributed by atoms with Crippen molar-refractivity contribution >= 4 is 12.0 Å². The third kappa shape index (κ3) is 4.53. The molecule has 0 unspecified atom stereocenters. The Balaban J connectivity index is 2.15. The van der Waals surface area contributed by atoms with Crippen LogP contribution in [0.1, 0.15) is 11.1 Å². The summed E-state index contributed by atoms with van der Waals surface area (Å²) in [5, 5.41) is 4.10. The molecule has 0 aliphatic rings. The molecule has 0 spiro atoms. The van der Waals surface area contributed by atoms with Crippen molar-refractivity contribution in [1.29, 1.82) is 0 Å². The molecule has 0 radical (unpaired) electrons. The van der Waals surface area contributed by atoms with Gasteiger partial charge in [0, 0.05) is 50.1 Å². The van der Waals surface area contributed by atoms with E-state index < -0.39 is 0 Å². The standard InChI is InChI=1S/C18H23N3O4/c1-20(11-13-10-19-21(2)12-13)18(22)7-6-14-8-16(24-4)17(25-5)9-15(14)23-3/h6-10,12H,11H2,1-5H3/b7-6+. The predicted molar refractivity (Wildman–Crippen MR) is 94.8 cm³/mol. The molecule has 7 nitrogen and oxygen atoms in total. The molecular weight excluding hydrogens is 322 g/mol. The summed E-state index contributed by atoms with van der Waals surface area (Å²) < 4.78 is 17.6. The van der Waals surface area contributed by atoms with E-state index in [9.17, 15) is 4.79 Å². The van der Waals surface area contributed by atoms with E-state index >= 15 is 0 Å². The molecule has 2 aromatic rings. The molecule has 0 saturated heterocycles. The van der Waals surface area contributed by atoms with Crippen LogP contribution in [0.4, 0.5) is 0 Å². The number of likely N-dealkylation sites (N-methyl/N-ethyl adjacent to an activating group) is 1. The van der Waals surface area contributed by atoms with Crippen LogP contribution in [0.5, 0.6) is 17.2 Å². The van der Waals surface area contributed by atoms with Crippen LogP contribution in [0.3, 0.4) is 0 Å². The third-order valence-electron chi connectivity index (χ3n) is 3.70. The van der Waals surface area contributed by atoms with E-state index in [2.05, 4.69) is 5.10 Å².